The van der Waals surface area contributed by atoms with Gasteiger partial charge in [-0.25, -0.2) is 0 Å². The second-order valence-electron chi connectivity index (χ2n) is 4.45. The Morgan fingerprint density at radius 1 is 1.54 bits per heavy atom. The predicted octanol–water partition coefficient (Wildman–Crippen LogP) is 0.868. The molecule has 1 fully saturated rings. The molecule has 0 spiro atoms. The molecule has 1 saturated heterocycles. The Kier molecular flexibility index (Phi) is 3.71. The van der Waals surface area contributed by atoms with Gasteiger partial charge in [-0.2, -0.15) is 0 Å². The van der Waals surface area contributed by atoms with E-state index in [0.29, 0.717) is 6.10 Å². The molecule has 0 bridgehead atoms. The topological polar surface area (TPSA) is 32.7 Å². The van der Waals surface area contributed by atoms with Crippen LogP contribution in [0.25, 0.3) is 0 Å². The van der Waals surface area contributed by atoms with Gasteiger partial charge in [-0.15, -0.1) is 0 Å². The van der Waals surface area contributed by atoms with E-state index >= 15 is 0 Å². The zero-order valence-electron chi connectivity index (χ0n) is 8.92. The molecule has 1 rings (SSSR count). The van der Waals surface area contributed by atoms with Crippen LogP contribution in [-0.4, -0.2) is 48.0 Å². The van der Waals surface area contributed by atoms with Crippen molar-refractivity contribution in [1.82, 2.24) is 4.90 Å². The van der Waals surface area contributed by atoms with Crippen molar-refractivity contribution in [2.75, 3.05) is 26.2 Å². The van der Waals surface area contributed by atoms with Crippen molar-refractivity contribution in [3.05, 3.63) is 0 Å². The fraction of sp³-hybridized carbons (Fsp3) is 1.00. The maximum absolute atomic E-state index is 9.65. The highest BCUT2D eigenvalue weighted by Crippen LogP contribution is 2.11. The number of hydrogen-bond donors (Lipinski definition) is 1. The fourth-order valence-electron chi connectivity index (χ4n) is 1.72. The first kappa shape index (κ1) is 11.0. The molecule has 3 nitrogen and oxygen atoms in total. The Labute approximate surface area is 80.7 Å². The molecule has 0 saturated carbocycles. The molecule has 1 aliphatic heterocycles. The van der Waals surface area contributed by atoms with Gasteiger partial charge in [-0.1, -0.05) is 6.92 Å². The largest absolute Gasteiger partial charge is 0.389 e. The van der Waals surface area contributed by atoms with Crippen LogP contribution in [0.1, 0.15) is 27.2 Å². The quantitative estimate of drug-likeness (QED) is 0.711. The fourth-order valence-corrected chi connectivity index (χ4v) is 1.72. The number of nitrogens with zero attached hydrogens (tertiary/aromatic N) is 1. The van der Waals surface area contributed by atoms with Crippen molar-refractivity contribution in [2.24, 2.45) is 0 Å². The molecule has 1 atom stereocenters. The van der Waals surface area contributed by atoms with Crippen LogP contribution in [0.2, 0.25) is 0 Å². The van der Waals surface area contributed by atoms with Crippen LogP contribution in [0.3, 0.4) is 0 Å². The number of rotatable bonds is 3. The Balaban J connectivity index is 2.34. The summed E-state index contributed by atoms with van der Waals surface area (Å²) in [4.78, 5) is 2.28. The second kappa shape index (κ2) is 4.40. The monoisotopic (exact) mass is 187 g/mol. The van der Waals surface area contributed by atoms with E-state index in [1.807, 2.05) is 13.8 Å². The summed E-state index contributed by atoms with van der Waals surface area (Å²) < 4.78 is 5.55. The number of aliphatic hydroxyl groups is 1. The van der Waals surface area contributed by atoms with E-state index in [4.69, 9.17) is 4.74 Å². The van der Waals surface area contributed by atoms with Gasteiger partial charge >= 0.3 is 0 Å². The van der Waals surface area contributed by atoms with Gasteiger partial charge in [0.15, 0.2) is 0 Å². The maximum atomic E-state index is 9.65. The Morgan fingerprint density at radius 3 is 2.77 bits per heavy atom. The standard InChI is InChI=1S/C10H21NO2/c1-4-9-7-11(5-6-13-9)8-10(2,3)12/h9,12H,4-8H2,1-3H3. The molecule has 0 aromatic rings. The van der Waals surface area contributed by atoms with Crippen LogP contribution in [0, 0.1) is 0 Å². The van der Waals surface area contributed by atoms with E-state index < -0.39 is 5.60 Å². The molecule has 1 unspecified atom stereocenters. The summed E-state index contributed by atoms with van der Waals surface area (Å²) in [5.41, 5.74) is -0.588. The van der Waals surface area contributed by atoms with Crippen molar-refractivity contribution < 1.29 is 9.84 Å². The van der Waals surface area contributed by atoms with E-state index in [2.05, 4.69) is 11.8 Å². The molecule has 0 aromatic heterocycles. The Hall–Kier alpha value is -0.120. The summed E-state index contributed by atoms with van der Waals surface area (Å²) in [5.74, 6) is 0. The first-order chi connectivity index (χ1) is 6.01. The Morgan fingerprint density at radius 2 is 2.23 bits per heavy atom. The van der Waals surface area contributed by atoms with E-state index in [0.717, 1.165) is 32.7 Å². The van der Waals surface area contributed by atoms with Crippen LogP contribution < -0.4 is 0 Å². The summed E-state index contributed by atoms with van der Waals surface area (Å²) in [6, 6.07) is 0. The lowest BCUT2D eigenvalue weighted by atomic mass is 10.1. The highest BCUT2D eigenvalue weighted by Gasteiger charge is 2.23. The summed E-state index contributed by atoms with van der Waals surface area (Å²) in [5, 5.41) is 9.65. The highest BCUT2D eigenvalue weighted by molar-refractivity contribution is 4.77. The lowest BCUT2D eigenvalue weighted by Gasteiger charge is -2.35. The summed E-state index contributed by atoms with van der Waals surface area (Å²) in [7, 11) is 0. The van der Waals surface area contributed by atoms with Crippen LogP contribution in [0.15, 0.2) is 0 Å². The van der Waals surface area contributed by atoms with Gasteiger partial charge in [-0.05, 0) is 20.3 Å². The van der Waals surface area contributed by atoms with Crippen molar-refractivity contribution in [3.8, 4) is 0 Å². The van der Waals surface area contributed by atoms with Crippen LogP contribution in [0.5, 0.6) is 0 Å². The lowest BCUT2D eigenvalue weighted by Crippen LogP contribution is -2.47. The first-order valence-corrected chi connectivity index (χ1v) is 5.07. The molecule has 78 valence electrons. The molecule has 0 aromatic carbocycles. The van der Waals surface area contributed by atoms with Gasteiger partial charge in [0.2, 0.25) is 0 Å². The average Bonchev–Trinajstić information content (AvgIpc) is 2.01. The summed E-state index contributed by atoms with van der Waals surface area (Å²) in [6.07, 6.45) is 1.42. The van der Waals surface area contributed by atoms with E-state index in [1.165, 1.54) is 0 Å². The third kappa shape index (κ3) is 4.07. The lowest BCUT2D eigenvalue weighted by molar-refractivity contribution is -0.0556. The maximum Gasteiger partial charge on any atom is 0.0718 e. The van der Waals surface area contributed by atoms with Crippen LogP contribution in [0.4, 0.5) is 0 Å². The molecule has 0 amide bonds. The zero-order chi connectivity index (χ0) is 9.90. The minimum atomic E-state index is -0.588. The van der Waals surface area contributed by atoms with E-state index in [9.17, 15) is 5.11 Å². The smallest absolute Gasteiger partial charge is 0.0718 e. The molecule has 13 heavy (non-hydrogen) atoms. The van der Waals surface area contributed by atoms with Crippen molar-refractivity contribution in [2.45, 2.75) is 38.9 Å². The minimum Gasteiger partial charge on any atom is -0.389 e. The van der Waals surface area contributed by atoms with Gasteiger partial charge < -0.3 is 9.84 Å². The minimum absolute atomic E-state index is 0.357. The number of β-amino-alcohol motifs (C(OH)–C–C–N with tert-alkyl or cyclic N) is 1. The SMILES string of the molecule is CCC1CN(CC(C)(C)O)CCO1. The molecule has 0 radical (unpaired) electrons. The molecule has 1 N–H and O–H groups in total. The first-order valence-electron chi connectivity index (χ1n) is 5.07. The van der Waals surface area contributed by atoms with Crippen LogP contribution in [-0.2, 0) is 4.74 Å². The summed E-state index contributed by atoms with van der Waals surface area (Å²) >= 11 is 0. The Bertz CT molecular complexity index is 153. The molecule has 0 aliphatic carbocycles. The van der Waals surface area contributed by atoms with Crippen molar-refractivity contribution >= 4 is 0 Å². The van der Waals surface area contributed by atoms with Crippen LogP contribution >= 0.6 is 0 Å². The van der Waals surface area contributed by atoms with Gasteiger partial charge in [-0.3, -0.25) is 4.90 Å². The predicted molar refractivity (Wildman–Crippen MR) is 52.8 cm³/mol. The molecular weight excluding hydrogens is 166 g/mol. The molecule has 3 heteroatoms. The summed E-state index contributed by atoms with van der Waals surface area (Å²) in [6.45, 7) is 9.29. The van der Waals surface area contributed by atoms with Crippen molar-refractivity contribution in [1.29, 1.82) is 0 Å². The van der Waals surface area contributed by atoms with Gasteiger partial charge in [0.1, 0.15) is 0 Å². The second-order valence-corrected chi connectivity index (χ2v) is 4.45. The van der Waals surface area contributed by atoms with Crippen molar-refractivity contribution in [3.63, 3.8) is 0 Å². The highest BCUT2D eigenvalue weighted by atomic mass is 16.5. The molecular formula is C10H21NO2. The zero-order valence-corrected chi connectivity index (χ0v) is 8.92. The number of morpholine rings is 1. The van der Waals surface area contributed by atoms with Gasteiger partial charge in [0.05, 0.1) is 18.3 Å². The average molecular weight is 187 g/mol. The molecule has 1 aliphatic rings. The van der Waals surface area contributed by atoms with Gasteiger partial charge in [0, 0.05) is 19.6 Å². The third-order valence-corrected chi connectivity index (χ3v) is 2.29. The third-order valence-electron chi connectivity index (χ3n) is 2.29. The number of ether oxygens (including phenoxy) is 1. The van der Waals surface area contributed by atoms with E-state index in [-0.39, 0.29) is 0 Å². The molecule has 1 heterocycles. The van der Waals surface area contributed by atoms with Gasteiger partial charge in [0.25, 0.3) is 0 Å². The number of hydrogen-bond acceptors (Lipinski definition) is 3. The normalized spacial score (nSPS) is 26.3. The van der Waals surface area contributed by atoms with E-state index in [1.54, 1.807) is 0 Å².